The Bertz CT molecular complexity index is 5460. The lowest BCUT2D eigenvalue weighted by Crippen LogP contribution is -2.54. The minimum atomic E-state index is -0.0163. The fraction of sp³-hybridized carbons (Fsp3) is 0.392. The van der Waals surface area contributed by atoms with Gasteiger partial charge < -0.3 is 65.3 Å². The van der Waals surface area contributed by atoms with E-state index in [2.05, 4.69) is 108 Å². The largest absolute Gasteiger partial charge is 0.457 e. The molecule has 0 aromatic carbocycles. The molecule has 13 aromatic rings. The Morgan fingerprint density at radius 1 is 0.469 bits per heavy atom. The van der Waals surface area contributed by atoms with Crippen molar-refractivity contribution in [3.63, 3.8) is 0 Å². The van der Waals surface area contributed by atoms with Crippen molar-refractivity contribution in [2.45, 2.75) is 98.1 Å². The van der Waals surface area contributed by atoms with E-state index in [1.54, 1.807) is 21.9 Å². The second-order valence-electron chi connectivity index (χ2n) is 29.7. The van der Waals surface area contributed by atoms with Crippen molar-refractivity contribution in [1.82, 2.24) is 79.2 Å². The molecule has 5 aliphatic rings. The molecule has 18 rings (SSSR count). The summed E-state index contributed by atoms with van der Waals surface area (Å²) in [4.78, 5) is 114. The first kappa shape index (κ1) is 78.0. The molecule has 5 fully saturated rings. The molecule has 588 valence electrons. The number of thiophene rings is 4. The number of amides is 4. The number of ether oxygens (including phenoxy) is 2. The SMILES string of the molecule is CC(C)c1ccc(-c2nc(N)c3cc(C(=O)N4CCN(C(C)(C)C)CC4)sc3n2)o1.CC(C)c1ccc(-c2nc(N)c3cc(C(=O)N4CCOCC4)sc3n2)o1.Cc1csc(-c2nc(N)c3cc(C(=O)N4CCN(Cc5ccccn5)CC4)sc3n2)n1.Nc1nc(-c2ccc(C3CC3)o2)nc2sc(C(=O)N3CCOCC3)cc12. The molecule has 0 radical (unpaired) electrons. The van der Waals surface area contributed by atoms with Crippen LogP contribution in [0.3, 0.4) is 0 Å². The average molecular weight is 1620 g/mol. The first-order chi connectivity index (χ1) is 54.4. The number of fused-ring (bicyclic) bond motifs is 4. The number of carbonyl (C=O) groups excluding carboxylic acids is 4. The molecule has 17 heterocycles. The van der Waals surface area contributed by atoms with E-state index in [-0.39, 0.29) is 41.0 Å². The number of aryl methyl sites for hydroxylation is 1. The van der Waals surface area contributed by atoms with Crippen molar-refractivity contribution in [1.29, 1.82) is 0 Å². The predicted molar refractivity (Wildman–Crippen MR) is 443 cm³/mol. The number of piperazine rings is 2. The lowest BCUT2D eigenvalue weighted by Gasteiger charge is -2.42. The standard InChI is InChI=1S/C22H29N5O2S.C21H21N7OS2.C18H18N4O3S.C18H20N4O3S/c1-13(2)15-6-7-16(29-15)19-24-18(23)14-12-17(30-20(14)25-19)21(28)26-8-10-27(11-9-26)22(3,4)5;1-13-12-30-20(24-13)18-25-17(22)15-10-16(31-19(15)26-18)21(29)28-8-6-27(7-9-28)11-14-4-2-3-5-23-14;19-15-11-9-14(18(23)22-5-7-24-8-6-22)26-17(11)21-16(20-15)13-4-3-12(25-13)10-1-2-10;1-10(2)12-3-4-13(25-12)16-20-15(19)11-9-14(26-17(11)21-16)18(23)22-5-7-24-8-6-22/h6-7,12-13H,8-11H2,1-5H3,(H2,23,24,25);2-5,10,12H,6-9,11H2,1H3,(H2,22,25,26);3-4,9-10H,1-2,5-8H2,(H2,19,20,21);3-4,9-10H,5-8H2,1-2H3,(H2,19,20,21). The van der Waals surface area contributed by atoms with Gasteiger partial charge in [0.1, 0.15) is 59.9 Å². The molecule has 13 aromatic heterocycles. The second kappa shape index (κ2) is 33.4. The molecule has 8 N–H and O–H groups in total. The van der Waals surface area contributed by atoms with Crippen molar-refractivity contribution < 1.29 is 41.9 Å². The number of carbonyl (C=O) groups is 4. The van der Waals surface area contributed by atoms with Crippen molar-refractivity contribution in [3.05, 3.63) is 139 Å². The monoisotopic (exact) mass is 1620 g/mol. The highest BCUT2D eigenvalue weighted by Gasteiger charge is 2.33. The first-order valence-corrected chi connectivity index (χ1v) is 41.8. The van der Waals surface area contributed by atoms with Crippen LogP contribution < -0.4 is 22.9 Å². The van der Waals surface area contributed by atoms with Crippen molar-refractivity contribution in [2.24, 2.45) is 0 Å². The van der Waals surface area contributed by atoms with Gasteiger partial charge in [-0.3, -0.25) is 34.0 Å². The Balaban J connectivity index is 0.000000119. The normalized spacial score (nSPS) is 15.9. The summed E-state index contributed by atoms with van der Waals surface area (Å²) in [6.07, 6.45) is 4.16. The van der Waals surface area contributed by atoms with Gasteiger partial charge in [-0.05, 0) is 113 Å². The molecule has 0 bridgehead atoms. The molecule has 1 saturated carbocycles. The third kappa shape index (κ3) is 17.7. The summed E-state index contributed by atoms with van der Waals surface area (Å²) in [5.74, 6) is 8.98. The van der Waals surface area contributed by atoms with Gasteiger partial charge in [-0.2, -0.15) is 0 Å². The maximum atomic E-state index is 13.1. The third-order valence-electron chi connectivity index (χ3n) is 19.9. The summed E-state index contributed by atoms with van der Waals surface area (Å²) in [6, 6.07) is 24.6. The Morgan fingerprint density at radius 3 is 1.23 bits per heavy atom. The number of pyridine rings is 1. The number of thiazole rings is 1. The number of morpholine rings is 2. The highest BCUT2D eigenvalue weighted by atomic mass is 32.1. The number of hydrogen-bond acceptors (Lipinski definition) is 30. The van der Waals surface area contributed by atoms with Crippen molar-refractivity contribution in [2.75, 3.05) is 128 Å². The van der Waals surface area contributed by atoms with Crippen LogP contribution in [0.25, 0.3) is 86.5 Å². The van der Waals surface area contributed by atoms with Crippen LogP contribution in [0.4, 0.5) is 23.3 Å². The number of nitrogens with two attached hydrogens (primary N) is 4. The Hall–Kier alpha value is -10.3. The van der Waals surface area contributed by atoms with Gasteiger partial charge in [-0.1, -0.05) is 33.8 Å². The quantitative estimate of drug-likeness (QED) is 0.0833. The lowest BCUT2D eigenvalue weighted by atomic mass is 10.0. The molecule has 4 aliphatic heterocycles. The van der Waals surface area contributed by atoms with E-state index >= 15 is 0 Å². The summed E-state index contributed by atoms with van der Waals surface area (Å²) in [6.45, 7) is 28.5. The maximum Gasteiger partial charge on any atom is 0.264 e. The average Bonchev–Trinajstić information content (AvgIpc) is 1.65. The number of rotatable bonds is 13. The maximum absolute atomic E-state index is 13.1. The zero-order valence-electron chi connectivity index (χ0n) is 64.0. The first-order valence-electron chi connectivity index (χ1n) is 37.6. The van der Waals surface area contributed by atoms with E-state index in [4.69, 9.17) is 45.7 Å². The van der Waals surface area contributed by atoms with Gasteiger partial charge in [0.25, 0.3) is 23.6 Å². The van der Waals surface area contributed by atoms with Gasteiger partial charge in [0.15, 0.2) is 45.6 Å². The highest BCUT2D eigenvalue weighted by molar-refractivity contribution is 7.21. The minimum Gasteiger partial charge on any atom is -0.457 e. The van der Waals surface area contributed by atoms with E-state index in [0.717, 1.165) is 90.3 Å². The van der Waals surface area contributed by atoms with E-state index in [1.165, 1.54) is 69.5 Å². The molecule has 29 nitrogen and oxygen atoms in total. The number of furan rings is 3. The van der Waals surface area contributed by atoms with Crippen LogP contribution in [0, 0.1) is 6.92 Å². The second-order valence-corrected chi connectivity index (χ2v) is 34.7. The van der Waals surface area contributed by atoms with Crippen LogP contribution >= 0.6 is 56.7 Å². The van der Waals surface area contributed by atoms with Crippen LogP contribution in [0.15, 0.2) is 104 Å². The molecule has 0 atom stereocenters. The third-order valence-corrected chi connectivity index (χ3v) is 24.9. The van der Waals surface area contributed by atoms with Gasteiger partial charge in [0.2, 0.25) is 0 Å². The van der Waals surface area contributed by atoms with E-state index in [9.17, 15) is 19.2 Å². The van der Waals surface area contributed by atoms with Crippen LogP contribution in [-0.4, -0.2) is 213 Å². The van der Waals surface area contributed by atoms with Crippen molar-refractivity contribution >= 4 is 144 Å². The summed E-state index contributed by atoms with van der Waals surface area (Å²) in [7, 11) is 0. The lowest BCUT2D eigenvalue weighted by molar-refractivity contribution is 0.0304. The van der Waals surface area contributed by atoms with E-state index in [0.29, 0.717) is 185 Å². The van der Waals surface area contributed by atoms with Gasteiger partial charge in [0, 0.05) is 126 Å². The molecular weight excluding hydrogens is 1530 g/mol. The van der Waals surface area contributed by atoms with Gasteiger partial charge in [-0.15, -0.1) is 56.7 Å². The fourth-order valence-corrected chi connectivity index (χ4v) is 18.0. The Labute approximate surface area is 671 Å². The minimum absolute atomic E-state index is 0.00808. The molecular formula is C79H88N20O9S5. The predicted octanol–water partition coefficient (Wildman–Crippen LogP) is 13.3. The van der Waals surface area contributed by atoms with Crippen LogP contribution in [-0.2, 0) is 16.0 Å². The molecule has 4 saturated heterocycles. The number of nitrogen functional groups attached to an aromatic ring is 4. The van der Waals surface area contributed by atoms with Crippen molar-refractivity contribution in [3.8, 4) is 45.6 Å². The zero-order valence-corrected chi connectivity index (χ0v) is 68.1. The number of aromatic nitrogens is 10. The van der Waals surface area contributed by atoms with E-state index in [1.807, 2.05) is 95.0 Å². The zero-order chi connectivity index (χ0) is 78.9. The fourth-order valence-electron chi connectivity index (χ4n) is 13.3. The number of nitrogens with zero attached hydrogens (tertiary/aromatic N) is 16. The number of hydrogen-bond donors (Lipinski definition) is 4. The molecule has 34 heteroatoms. The molecule has 0 spiro atoms. The smallest absolute Gasteiger partial charge is 0.264 e. The molecule has 4 amide bonds. The summed E-state index contributed by atoms with van der Waals surface area (Å²) >= 11 is 6.89. The van der Waals surface area contributed by atoms with Gasteiger partial charge in [-0.25, -0.2) is 44.9 Å². The van der Waals surface area contributed by atoms with E-state index < -0.39 is 0 Å². The van der Waals surface area contributed by atoms with Crippen LogP contribution in [0.1, 0.15) is 146 Å². The van der Waals surface area contributed by atoms with Crippen LogP contribution in [0.5, 0.6) is 0 Å². The summed E-state index contributed by atoms with van der Waals surface area (Å²) in [5, 5.41) is 5.54. The van der Waals surface area contributed by atoms with Crippen LogP contribution in [0.2, 0.25) is 0 Å². The van der Waals surface area contributed by atoms with Gasteiger partial charge in [0.05, 0.1) is 73.2 Å². The molecule has 1 aliphatic carbocycles. The van der Waals surface area contributed by atoms with Gasteiger partial charge >= 0.3 is 0 Å². The topological polar surface area (TPSA) is 379 Å². The Morgan fingerprint density at radius 2 is 0.858 bits per heavy atom. The summed E-state index contributed by atoms with van der Waals surface area (Å²) < 4.78 is 28.2. The molecule has 113 heavy (non-hydrogen) atoms. The number of anilines is 4. The Kier molecular flexibility index (Phi) is 23.1. The highest BCUT2D eigenvalue weighted by Crippen LogP contribution is 2.43. The summed E-state index contributed by atoms with van der Waals surface area (Å²) in [5.41, 5.74) is 26.7. The molecule has 0 unspecified atom stereocenters.